The molecule has 1 fully saturated rings. The van der Waals surface area contributed by atoms with Crippen molar-refractivity contribution in [2.24, 2.45) is 0 Å². The zero-order chi connectivity index (χ0) is 28.4. The summed E-state index contributed by atoms with van der Waals surface area (Å²) < 4.78 is 10.6. The molecule has 0 aromatic carbocycles. The van der Waals surface area contributed by atoms with Crippen LogP contribution in [0, 0.1) is 0 Å². The van der Waals surface area contributed by atoms with Crippen LogP contribution in [0.2, 0.25) is 0 Å². The molecular weight excluding hydrogens is 514 g/mol. The first kappa shape index (κ1) is 26.9. The molecule has 0 radical (unpaired) electrons. The summed E-state index contributed by atoms with van der Waals surface area (Å²) in [4.78, 5) is 56.8. The highest BCUT2D eigenvalue weighted by atomic mass is 16.6. The van der Waals surface area contributed by atoms with Gasteiger partial charge in [-0.05, 0) is 39.0 Å². The van der Waals surface area contributed by atoms with Crippen molar-refractivity contribution in [2.45, 2.75) is 32.9 Å². The van der Waals surface area contributed by atoms with Gasteiger partial charge in [-0.3, -0.25) is 19.5 Å². The molecular formula is C28H31N7O5. The second-order valence-electron chi connectivity index (χ2n) is 10.5. The minimum absolute atomic E-state index is 0.154. The number of nitrogens with one attached hydrogen (secondary N) is 1. The Balaban J connectivity index is 1.27. The fraction of sp³-hybridized carbons (Fsp3) is 0.357. The second-order valence-corrected chi connectivity index (χ2v) is 10.5. The highest BCUT2D eigenvalue weighted by Gasteiger charge is 2.31. The van der Waals surface area contributed by atoms with Crippen LogP contribution in [0.1, 0.15) is 47.2 Å². The number of amides is 3. The topological polar surface area (TPSA) is 130 Å². The van der Waals surface area contributed by atoms with Gasteiger partial charge in [0.2, 0.25) is 5.88 Å². The summed E-state index contributed by atoms with van der Waals surface area (Å²) in [6, 6.07) is 8.39. The van der Waals surface area contributed by atoms with Crippen LogP contribution in [0.3, 0.4) is 0 Å². The van der Waals surface area contributed by atoms with Crippen LogP contribution in [-0.2, 0) is 11.3 Å². The Hall–Kier alpha value is -4.74. The lowest BCUT2D eigenvalue weighted by molar-refractivity contribution is 0.0240. The summed E-state index contributed by atoms with van der Waals surface area (Å²) in [6.07, 6.45) is 4.51. The van der Waals surface area contributed by atoms with Crippen LogP contribution in [-0.4, -0.2) is 76.6 Å². The van der Waals surface area contributed by atoms with E-state index in [9.17, 15) is 14.4 Å². The Labute approximate surface area is 231 Å². The maximum Gasteiger partial charge on any atom is 0.410 e. The molecule has 0 bridgehead atoms. The summed E-state index contributed by atoms with van der Waals surface area (Å²) in [5.41, 5.74) is 2.16. The van der Waals surface area contributed by atoms with Crippen molar-refractivity contribution in [2.75, 3.05) is 48.4 Å². The number of methoxy groups -OCH3 is 1. The Kier molecular flexibility index (Phi) is 7.24. The molecule has 0 unspecified atom stereocenters. The number of pyridine rings is 3. The van der Waals surface area contributed by atoms with E-state index in [0.717, 1.165) is 11.3 Å². The Morgan fingerprint density at radius 2 is 1.82 bits per heavy atom. The van der Waals surface area contributed by atoms with Crippen molar-refractivity contribution in [3.8, 4) is 5.88 Å². The van der Waals surface area contributed by atoms with Gasteiger partial charge in [-0.2, -0.15) is 0 Å². The number of carbonyl (C=O) groups is 3. The highest BCUT2D eigenvalue weighted by molar-refractivity contribution is 6.10. The molecule has 40 heavy (non-hydrogen) atoms. The van der Waals surface area contributed by atoms with Crippen LogP contribution in [0.5, 0.6) is 5.88 Å². The maximum absolute atomic E-state index is 13.3. The van der Waals surface area contributed by atoms with E-state index in [1.807, 2.05) is 26.8 Å². The molecule has 0 spiro atoms. The number of piperazine rings is 1. The van der Waals surface area contributed by atoms with Gasteiger partial charge in [0.25, 0.3) is 11.8 Å². The van der Waals surface area contributed by atoms with Crippen molar-refractivity contribution in [1.29, 1.82) is 0 Å². The Morgan fingerprint density at radius 1 is 1.05 bits per heavy atom. The van der Waals surface area contributed by atoms with Crippen LogP contribution >= 0.6 is 0 Å². The van der Waals surface area contributed by atoms with Gasteiger partial charge in [0, 0.05) is 50.2 Å². The lowest BCUT2D eigenvalue weighted by Gasteiger charge is -2.37. The zero-order valence-corrected chi connectivity index (χ0v) is 22.9. The molecule has 208 valence electrons. The zero-order valence-electron chi connectivity index (χ0n) is 22.9. The Morgan fingerprint density at radius 3 is 2.55 bits per heavy atom. The van der Waals surface area contributed by atoms with Crippen molar-refractivity contribution < 1.29 is 23.9 Å². The average Bonchev–Trinajstić information content (AvgIpc) is 3.28. The van der Waals surface area contributed by atoms with Gasteiger partial charge in [-0.25, -0.2) is 14.8 Å². The third-order valence-corrected chi connectivity index (χ3v) is 6.54. The first-order valence-electron chi connectivity index (χ1n) is 12.9. The van der Waals surface area contributed by atoms with Gasteiger partial charge in [0.1, 0.15) is 17.1 Å². The van der Waals surface area contributed by atoms with E-state index in [0.29, 0.717) is 55.7 Å². The second kappa shape index (κ2) is 10.8. The summed E-state index contributed by atoms with van der Waals surface area (Å²) >= 11 is 0. The van der Waals surface area contributed by atoms with Crippen molar-refractivity contribution >= 4 is 35.1 Å². The van der Waals surface area contributed by atoms with Crippen LogP contribution in [0.25, 0.3) is 0 Å². The smallest absolute Gasteiger partial charge is 0.410 e. The number of hydrogen-bond acceptors (Lipinski definition) is 9. The average molecular weight is 546 g/mol. The van der Waals surface area contributed by atoms with Crippen molar-refractivity contribution in [1.82, 2.24) is 19.9 Å². The lowest BCUT2D eigenvalue weighted by atomic mass is 10.2. The number of ether oxygens (including phenoxy) is 2. The van der Waals surface area contributed by atoms with Gasteiger partial charge >= 0.3 is 6.09 Å². The fourth-order valence-corrected chi connectivity index (χ4v) is 4.58. The molecule has 1 N–H and O–H groups in total. The molecule has 3 amide bonds. The number of fused-ring (bicyclic) bond motifs is 1. The predicted molar refractivity (Wildman–Crippen MR) is 148 cm³/mol. The third-order valence-electron chi connectivity index (χ3n) is 6.54. The van der Waals surface area contributed by atoms with E-state index in [1.54, 1.807) is 47.8 Å². The number of carbonyl (C=O) groups excluding carboxylic acids is 3. The normalized spacial score (nSPS) is 15.1. The van der Waals surface area contributed by atoms with Gasteiger partial charge in [-0.1, -0.05) is 6.07 Å². The van der Waals surface area contributed by atoms with Crippen LogP contribution < -0.4 is 19.9 Å². The van der Waals surface area contributed by atoms with E-state index in [2.05, 4.69) is 25.2 Å². The summed E-state index contributed by atoms with van der Waals surface area (Å²) in [5, 5.41) is 2.91. The number of anilines is 3. The molecule has 2 aliphatic rings. The van der Waals surface area contributed by atoms with Gasteiger partial charge < -0.3 is 24.6 Å². The third kappa shape index (κ3) is 5.65. The standard InChI is InChI=1S/C28H31N7O5/c1-28(2,3)40-27(38)34-12-10-33(11-13-34)22-8-9-29-16-21(22)32-25(36)20-6-5-7-23(31-20)35-17-18-15-30-24(39-4)14-19(18)26(35)37/h5-9,14-16H,10-13,17H2,1-4H3,(H,32,36). The van der Waals surface area contributed by atoms with Crippen LogP contribution in [0.4, 0.5) is 22.0 Å². The van der Waals surface area contributed by atoms with E-state index in [1.165, 1.54) is 12.0 Å². The van der Waals surface area contributed by atoms with Crippen molar-refractivity contribution in [3.05, 3.63) is 65.7 Å². The molecule has 1 saturated heterocycles. The van der Waals surface area contributed by atoms with E-state index >= 15 is 0 Å². The minimum atomic E-state index is -0.557. The number of rotatable bonds is 5. The monoisotopic (exact) mass is 545 g/mol. The molecule has 0 atom stereocenters. The predicted octanol–water partition coefficient (Wildman–Crippen LogP) is 3.35. The van der Waals surface area contributed by atoms with Gasteiger partial charge in [-0.15, -0.1) is 0 Å². The lowest BCUT2D eigenvalue weighted by Crippen LogP contribution is -2.50. The van der Waals surface area contributed by atoms with E-state index < -0.39 is 11.5 Å². The first-order chi connectivity index (χ1) is 19.1. The number of aromatic nitrogens is 3. The minimum Gasteiger partial charge on any atom is -0.481 e. The fourth-order valence-electron chi connectivity index (χ4n) is 4.58. The molecule has 0 aliphatic carbocycles. The molecule has 3 aromatic heterocycles. The molecule has 12 heteroatoms. The van der Waals surface area contributed by atoms with Gasteiger partial charge in [0.15, 0.2) is 0 Å². The molecule has 3 aromatic rings. The van der Waals surface area contributed by atoms with E-state index in [4.69, 9.17) is 9.47 Å². The van der Waals surface area contributed by atoms with Gasteiger partial charge in [0.05, 0.1) is 36.8 Å². The largest absolute Gasteiger partial charge is 0.481 e. The molecule has 2 aliphatic heterocycles. The van der Waals surface area contributed by atoms with Crippen molar-refractivity contribution in [3.63, 3.8) is 0 Å². The maximum atomic E-state index is 13.3. The molecule has 12 nitrogen and oxygen atoms in total. The quantitative estimate of drug-likeness (QED) is 0.513. The molecule has 5 rings (SSSR count). The highest BCUT2D eigenvalue weighted by Crippen LogP contribution is 2.30. The van der Waals surface area contributed by atoms with Crippen LogP contribution in [0.15, 0.2) is 48.9 Å². The summed E-state index contributed by atoms with van der Waals surface area (Å²) in [5.74, 6) is 0.0443. The molecule has 0 saturated carbocycles. The number of nitrogens with zero attached hydrogens (tertiary/aromatic N) is 6. The van der Waals surface area contributed by atoms with E-state index in [-0.39, 0.29) is 17.7 Å². The number of hydrogen-bond donors (Lipinski definition) is 1. The summed E-state index contributed by atoms with van der Waals surface area (Å²) in [6.45, 7) is 7.93. The summed E-state index contributed by atoms with van der Waals surface area (Å²) in [7, 11) is 1.49. The molecule has 5 heterocycles. The SMILES string of the molecule is COc1cc2c(cn1)CN(c1cccc(C(=O)Nc3cnccc3N3CCN(C(=O)OC(C)(C)C)CC3)n1)C2=O. The first-order valence-corrected chi connectivity index (χ1v) is 12.9. The Bertz CT molecular complexity index is 1450.